The number of aliphatic hydroxyl groups is 1. The SMILES string of the molecule is Cc1oc(-c2cccc(C(=O)N(C)C)c2)nc1Cn1c(C)cc2cc(C(O)(C(F)(F)F)C(F)(F)F)ccc21. The molecule has 0 bridgehead atoms. The zero-order chi connectivity index (χ0) is 28.2. The van der Waals surface area contributed by atoms with Crippen molar-refractivity contribution in [3.8, 4) is 11.5 Å². The third-order valence-electron chi connectivity index (χ3n) is 6.31. The molecule has 0 spiro atoms. The maximum absolute atomic E-state index is 13.3. The second-order valence-corrected chi connectivity index (χ2v) is 9.15. The first-order chi connectivity index (χ1) is 17.5. The molecular weight excluding hydrogens is 516 g/mol. The Morgan fingerprint density at radius 1 is 1.00 bits per heavy atom. The fourth-order valence-corrected chi connectivity index (χ4v) is 4.22. The van der Waals surface area contributed by atoms with Gasteiger partial charge in [-0.25, -0.2) is 4.98 Å². The predicted molar refractivity (Wildman–Crippen MR) is 126 cm³/mol. The smallest absolute Gasteiger partial charge is 0.430 e. The minimum absolute atomic E-state index is 0.0863. The van der Waals surface area contributed by atoms with Crippen molar-refractivity contribution >= 4 is 16.8 Å². The Morgan fingerprint density at radius 3 is 2.26 bits per heavy atom. The van der Waals surface area contributed by atoms with Crippen molar-refractivity contribution in [2.24, 2.45) is 0 Å². The van der Waals surface area contributed by atoms with Gasteiger partial charge in [0, 0.05) is 47.4 Å². The van der Waals surface area contributed by atoms with Crippen molar-refractivity contribution in [3.05, 3.63) is 76.8 Å². The number of aryl methyl sites for hydroxylation is 2. The second-order valence-electron chi connectivity index (χ2n) is 9.15. The fraction of sp³-hybridized carbons (Fsp3) is 0.308. The maximum Gasteiger partial charge on any atom is 0.430 e. The molecule has 2 aromatic carbocycles. The zero-order valence-electron chi connectivity index (χ0n) is 20.7. The third-order valence-corrected chi connectivity index (χ3v) is 6.31. The molecule has 202 valence electrons. The first-order valence-electron chi connectivity index (χ1n) is 11.3. The average molecular weight is 539 g/mol. The molecule has 1 amide bonds. The number of benzene rings is 2. The van der Waals surface area contributed by atoms with Gasteiger partial charge in [-0.1, -0.05) is 12.1 Å². The summed E-state index contributed by atoms with van der Waals surface area (Å²) in [5.41, 5.74) is -3.97. The number of aromatic nitrogens is 2. The summed E-state index contributed by atoms with van der Waals surface area (Å²) in [6.07, 6.45) is -11.9. The van der Waals surface area contributed by atoms with E-state index in [1.54, 1.807) is 56.8 Å². The first-order valence-corrected chi connectivity index (χ1v) is 11.3. The molecule has 0 aliphatic carbocycles. The number of amides is 1. The molecule has 38 heavy (non-hydrogen) atoms. The minimum Gasteiger partial charge on any atom is -0.441 e. The van der Waals surface area contributed by atoms with E-state index < -0.39 is 23.5 Å². The summed E-state index contributed by atoms with van der Waals surface area (Å²) in [7, 11) is 3.25. The summed E-state index contributed by atoms with van der Waals surface area (Å²) >= 11 is 0. The van der Waals surface area contributed by atoms with Gasteiger partial charge in [0.2, 0.25) is 5.89 Å². The summed E-state index contributed by atoms with van der Waals surface area (Å²) in [6, 6.07) is 10.5. The Bertz CT molecular complexity index is 1500. The van der Waals surface area contributed by atoms with E-state index in [1.165, 1.54) is 11.0 Å². The van der Waals surface area contributed by atoms with Crippen LogP contribution in [0.15, 0.2) is 52.9 Å². The van der Waals surface area contributed by atoms with Gasteiger partial charge in [0.15, 0.2) is 0 Å². The van der Waals surface area contributed by atoms with Crippen LogP contribution in [0.1, 0.15) is 33.1 Å². The number of carbonyl (C=O) groups excluding carboxylic acids is 1. The van der Waals surface area contributed by atoms with E-state index in [2.05, 4.69) is 4.98 Å². The van der Waals surface area contributed by atoms with Crippen LogP contribution in [0, 0.1) is 13.8 Å². The molecule has 12 heteroatoms. The van der Waals surface area contributed by atoms with Crippen molar-refractivity contribution < 1.29 is 40.7 Å². The summed E-state index contributed by atoms with van der Waals surface area (Å²) in [5.74, 6) is 0.501. The number of oxazole rings is 1. The normalized spacial score (nSPS) is 12.8. The van der Waals surface area contributed by atoms with Gasteiger partial charge in [0.25, 0.3) is 11.5 Å². The van der Waals surface area contributed by atoms with Gasteiger partial charge in [-0.2, -0.15) is 26.3 Å². The topological polar surface area (TPSA) is 71.5 Å². The highest BCUT2D eigenvalue weighted by Crippen LogP contribution is 2.50. The highest BCUT2D eigenvalue weighted by Gasteiger charge is 2.71. The molecule has 4 rings (SSSR count). The molecule has 2 aromatic heterocycles. The number of alkyl halides is 6. The Labute approximate surface area is 213 Å². The van der Waals surface area contributed by atoms with Gasteiger partial charge in [-0.05, 0) is 50.2 Å². The quantitative estimate of drug-likeness (QED) is 0.317. The van der Waals surface area contributed by atoms with Gasteiger partial charge in [-0.3, -0.25) is 4.79 Å². The largest absolute Gasteiger partial charge is 0.441 e. The van der Waals surface area contributed by atoms with E-state index in [-0.39, 0.29) is 23.7 Å². The van der Waals surface area contributed by atoms with Crippen LogP contribution < -0.4 is 0 Å². The molecule has 4 aromatic rings. The molecule has 0 atom stereocenters. The average Bonchev–Trinajstić information content (AvgIpc) is 3.35. The predicted octanol–water partition coefficient (Wildman–Crippen LogP) is 5.98. The monoisotopic (exact) mass is 539 g/mol. The lowest BCUT2D eigenvalue weighted by Gasteiger charge is -2.32. The summed E-state index contributed by atoms with van der Waals surface area (Å²) in [4.78, 5) is 18.3. The van der Waals surface area contributed by atoms with E-state index >= 15 is 0 Å². The number of hydrogen-bond acceptors (Lipinski definition) is 4. The Morgan fingerprint density at radius 2 is 1.66 bits per heavy atom. The molecule has 2 heterocycles. The number of fused-ring (bicyclic) bond motifs is 1. The van der Waals surface area contributed by atoms with Crippen LogP contribution in [0.2, 0.25) is 0 Å². The molecule has 0 fully saturated rings. The summed E-state index contributed by atoms with van der Waals surface area (Å²) < 4.78 is 87.5. The highest BCUT2D eigenvalue weighted by molar-refractivity contribution is 5.94. The van der Waals surface area contributed by atoms with E-state index in [0.29, 0.717) is 45.9 Å². The number of nitrogens with zero attached hydrogens (tertiary/aromatic N) is 3. The lowest BCUT2D eigenvalue weighted by Crippen LogP contribution is -2.53. The molecule has 0 saturated carbocycles. The van der Waals surface area contributed by atoms with Crippen LogP contribution in [0.4, 0.5) is 26.3 Å². The molecule has 0 radical (unpaired) electrons. The Hall–Kier alpha value is -3.80. The lowest BCUT2D eigenvalue weighted by molar-refractivity contribution is -0.376. The van der Waals surface area contributed by atoms with E-state index in [1.807, 2.05) is 0 Å². The molecule has 0 aliphatic rings. The van der Waals surface area contributed by atoms with Crippen LogP contribution in [-0.2, 0) is 12.1 Å². The number of rotatable bonds is 5. The van der Waals surface area contributed by atoms with Crippen LogP contribution in [-0.4, -0.2) is 51.9 Å². The molecule has 0 aliphatic heterocycles. The molecule has 0 unspecified atom stereocenters. The number of hydrogen-bond donors (Lipinski definition) is 1. The van der Waals surface area contributed by atoms with Crippen molar-refractivity contribution in [1.29, 1.82) is 0 Å². The van der Waals surface area contributed by atoms with Crippen LogP contribution in [0.3, 0.4) is 0 Å². The molecule has 6 nitrogen and oxygen atoms in total. The van der Waals surface area contributed by atoms with Crippen LogP contribution >= 0.6 is 0 Å². The van der Waals surface area contributed by atoms with E-state index in [9.17, 15) is 36.2 Å². The van der Waals surface area contributed by atoms with Gasteiger partial charge in [0.05, 0.1) is 6.54 Å². The summed E-state index contributed by atoms with van der Waals surface area (Å²) in [6.45, 7) is 3.43. The molecule has 1 N–H and O–H groups in total. The van der Waals surface area contributed by atoms with E-state index in [0.717, 1.165) is 6.07 Å². The number of carbonyl (C=O) groups is 1. The number of halogens is 6. The van der Waals surface area contributed by atoms with Gasteiger partial charge >= 0.3 is 12.4 Å². The van der Waals surface area contributed by atoms with Crippen molar-refractivity contribution in [2.75, 3.05) is 14.1 Å². The van der Waals surface area contributed by atoms with Crippen LogP contribution in [0.5, 0.6) is 0 Å². The Balaban J connectivity index is 1.71. The van der Waals surface area contributed by atoms with Gasteiger partial charge < -0.3 is 19.0 Å². The Kier molecular flexibility index (Phi) is 6.59. The maximum atomic E-state index is 13.3. The zero-order valence-corrected chi connectivity index (χ0v) is 20.7. The molecule has 0 saturated heterocycles. The lowest BCUT2D eigenvalue weighted by atomic mass is 9.91. The summed E-state index contributed by atoms with van der Waals surface area (Å²) in [5, 5.41) is 9.84. The van der Waals surface area contributed by atoms with Crippen molar-refractivity contribution in [3.63, 3.8) is 0 Å². The second kappa shape index (κ2) is 9.19. The van der Waals surface area contributed by atoms with Crippen molar-refractivity contribution in [1.82, 2.24) is 14.5 Å². The van der Waals surface area contributed by atoms with E-state index in [4.69, 9.17) is 4.42 Å². The fourth-order valence-electron chi connectivity index (χ4n) is 4.22. The van der Waals surface area contributed by atoms with Gasteiger partial charge in [0.1, 0.15) is 11.5 Å². The standard InChI is InChI=1S/C26H23F6N3O3/c1-14-10-18-12-19(24(37,25(27,28)29)26(30,31)32)8-9-21(18)35(14)13-20-15(2)38-22(33-20)16-6-5-7-17(11-16)23(36)34(3)4/h5-12,37H,13H2,1-4H3. The van der Waals surface area contributed by atoms with Crippen molar-refractivity contribution in [2.45, 2.75) is 38.3 Å². The molecular formula is C26H23F6N3O3. The highest BCUT2D eigenvalue weighted by atomic mass is 19.4. The van der Waals surface area contributed by atoms with Gasteiger partial charge in [-0.15, -0.1) is 0 Å². The minimum atomic E-state index is -5.97. The first kappa shape index (κ1) is 27.2. The van der Waals surface area contributed by atoms with Crippen LogP contribution in [0.25, 0.3) is 22.4 Å². The third kappa shape index (κ3) is 4.53.